The number of Topliss-reactive ketones (excluding diaryl/α,β-unsaturated/α-hetero) is 1. The van der Waals surface area contributed by atoms with Gasteiger partial charge < -0.3 is 21.9 Å². The van der Waals surface area contributed by atoms with E-state index in [1.165, 1.54) is 0 Å². The van der Waals surface area contributed by atoms with Crippen LogP contribution in [0.3, 0.4) is 0 Å². The number of aliphatic hydroxyl groups excluding tert-OH is 1. The van der Waals surface area contributed by atoms with Crippen molar-refractivity contribution in [1.29, 1.82) is 5.41 Å². The van der Waals surface area contributed by atoms with Crippen LogP contribution in [0.5, 0.6) is 0 Å². The number of hydrogen-bond donors (Lipinski definition) is 6. The van der Waals surface area contributed by atoms with Crippen LogP contribution in [-0.2, 0) is 4.79 Å². The van der Waals surface area contributed by atoms with Gasteiger partial charge in [0.25, 0.3) is 0 Å². The molecule has 168 valence electrons. The molecule has 2 rings (SSSR count). The fourth-order valence-corrected chi connectivity index (χ4v) is 4.56. The van der Waals surface area contributed by atoms with Crippen LogP contribution >= 0.6 is 22.9 Å². The highest BCUT2D eigenvalue weighted by atomic mass is 127. The normalized spacial score (nSPS) is 22.5. The topological polar surface area (TPSA) is 140 Å². The fourth-order valence-electron chi connectivity index (χ4n) is 3.69. The molecule has 1 aromatic carbocycles. The highest BCUT2D eigenvalue weighted by Crippen LogP contribution is 2.51. The number of benzene rings is 1. The van der Waals surface area contributed by atoms with Crippen molar-refractivity contribution in [3.63, 3.8) is 0 Å². The summed E-state index contributed by atoms with van der Waals surface area (Å²) in [4.78, 5) is 12.3. The van der Waals surface area contributed by atoms with E-state index >= 15 is 0 Å². The van der Waals surface area contributed by atoms with Gasteiger partial charge in [-0.2, -0.15) is 0 Å². The molecule has 0 aromatic heterocycles. The number of halogens is 1. The Morgan fingerprint density at radius 2 is 2.03 bits per heavy atom. The van der Waals surface area contributed by atoms with E-state index in [-0.39, 0.29) is 24.7 Å². The Morgan fingerprint density at radius 1 is 1.40 bits per heavy atom. The van der Waals surface area contributed by atoms with Crippen LogP contribution < -0.4 is 22.1 Å². The predicted octanol–water partition coefficient (Wildman–Crippen LogP) is 1.78. The molecule has 0 heterocycles. The monoisotopic (exact) mass is 530 g/mol. The van der Waals surface area contributed by atoms with Crippen molar-refractivity contribution in [3.05, 3.63) is 29.8 Å². The van der Waals surface area contributed by atoms with Crippen molar-refractivity contribution < 1.29 is 9.90 Å². The third-order valence-corrected chi connectivity index (χ3v) is 6.39. The maximum Gasteiger partial charge on any atom is 0.152 e. The molecule has 9 heteroatoms. The van der Waals surface area contributed by atoms with Crippen LogP contribution in [0.1, 0.15) is 44.6 Å². The summed E-state index contributed by atoms with van der Waals surface area (Å²) in [5.41, 5.74) is 14.2. The minimum Gasteiger partial charge on any atom is -0.396 e. The van der Waals surface area contributed by atoms with Gasteiger partial charge >= 0.3 is 0 Å². The first-order valence-corrected chi connectivity index (χ1v) is 11.3. The molecule has 30 heavy (non-hydrogen) atoms. The summed E-state index contributed by atoms with van der Waals surface area (Å²) in [5.74, 6) is 0.724. The van der Waals surface area contributed by atoms with E-state index in [1.807, 2.05) is 45.2 Å². The molecule has 0 amide bonds. The highest BCUT2D eigenvalue weighted by molar-refractivity contribution is 14.1. The zero-order valence-electron chi connectivity index (χ0n) is 18.0. The van der Waals surface area contributed by atoms with Gasteiger partial charge in [0.1, 0.15) is 5.84 Å². The number of rotatable bonds is 12. The van der Waals surface area contributed by atoms with E-state index in [9.17, 15) is 4.79 Å². The zero-order chi connectivity index (χ0) is 22.5. The summed E-state index contributed by atoms with van der Waals surface area (Å²) < 4.78 is 1.74. The number of hydrogen-bond acceptors (Lipinski definition) is 7. The molecule has 1 aliphatic rings. The molecular formula is C21H35IN6O2. The second-order valence-electron chi connectivity index (χ2n) is 8.46. The average Bonchev–Trinajstić information content (AvgIpc) is 3.39. The van der Waals surface area contributed by atoms with Crippen molar-refractivity contribution in [2.45, 2.75) is 56.8 Å². The SMILES string of the molecule is CNc1ccc(C2C[C@@]2(N)C(=N)N(I)CC(N)N[C@@H](CC(C)C)C(=O)CCO)cc1. The minimum atomic E-state index is -0.702. The highest BCUT2D eigenvalue weighted by Gasteiger charge is 2.56. The van der Waals surface area contributed by atoms with Gasteiger partial charge in [-0.1, -0.05) is 26.0 Å². The number of nitrogens with two attached hydrogens (primary N) is 2. The molecule has 2 unspecified atom stereocenters. The number of aliphatic hydroxyl groups is 1. The van der Waals surface area contributed by atoms with Crippen molar-refractivity contribution in [2.24, 2.45) is 17.4 Å². The smallest absolute Gasteiger partial charge is 0.152 e. The number of carbonyl (C=O) groups excluding carboxylic acids is 1. The standard InChI is InChI=1S/C21H35IN6O2/c1-13(2)10-17(18(30)8-9-29)27-19(23)12-28(22)20(24)21(25)11-16(21)14-4-6-15(26-3)7-5-14/h4-7,13,16-17,19,24,26-27,29H,8-12,23,25H2,1-3H3/t16?,17-,19?,21-/m0/s1. The van der Waals surface area contributed by atoms with Gasteiger partial charge in [0.05, 0.1) is 53.8 Å². The van der Waals surface area contributed by atoms with Crippen molar-refractivity contribution >= 4 is 40.2 Å². The number of nitrogens with one attached hydrogen (secondary N) is 3. The Labute approximate surface area is 193 Å². The molecule has 1 aliphatic carbocycles. The molecule has 0 aliphatic heterocycles. The van der Waals surface area contributed by atoms with Gasteiger partial charge in [-0.05, 0) is 36.5 Å². The van der Waals surface area contributed by atoms with Crippen LogP contribution in [0.25, 0.3) is 0 Å². The van der Waals surface area contributed by atoms with Crippen molar-refractivity contribution in [2.75, 3.05) is 25.5 Å². The third kappa shape index (κ3) is 6.36. The van der Waals surface area contributed by atoms with E-state index in [0.717, 1.165) is 17.7 Å². The Balaban J connectivity index is 1.94. The zero-order valence-corrected chi connectivity index (χ0v) is 20.1. The molecule has 0 bridgehead atoms. The van der Waals surface area contributed by atoms with Gasteiger partial charge in [0.2, 0.25) is 0 Å². The molecular weight excluding hydrogens is 495 g/mol. The van der Waals surface area contributed by atoms with E-state index in [2.05, 4.69) is 33.5 Å². The van der Waals surface area contributed by atoms with Crippen LogP contribution in [0, 0.1) is 11.3 Å². The maximum absolute atomic E-state index is 12.3. The summed E-state index contributed by atoms with van der Waals surface area (Å²) in [6, 6.07) is 7.71. The summed E-state index contributed by atoms with van der Waals surface area (Å²) in [6.07, 6.45) is 0.986. The summed E-state index contributed by atoms with van der Waals surface area (Å²) in [5, 5.41) is 24.0. The average molecular weight is 530 g/mol. The largest absolute Gasteiger partial charge is 0.396 e. The van der Waals surface area contributed by atoms with E-state index < -0.39 is 17.7 Å². The second kappa shape index (κ2) is 10.9. The number of carbonyl (C=O) groups is 1. The molecule has 0 spiro atoms. The van der Waals surface area contributed by atoms with Gasteiger partial charge in [-0.15, -0.1) is 0 Å². The molecule has 1 fully saturated rings. The number of ketones is 1. The lowest BCUT2D eigenvalue weighted by Crippen LogP contribution is -2.54. The van der Waals surface area contributed by atoms with Gasteiger partial charge in [-0.3, -0.25) is 18.6 Å². The maximum atomic E-state index is 12.3. The van der Waals surface area contributed by atoms with Crippen molar-refractivity contribution in [3.8, 4) is 0 Å². The molecule has 0 saturated heterocycles. The van der Waals surface area contributed by atoms with Crippen LogP contribution in [0.2, 0.25) is 0 Å². The Morgan fingerprint density at radius 3 is 2.57 bits per heavy atom. The lowest BCUT2D eigenvalue weighted by atomic mass is 9.98. The molecule has 1 saturated carbocycles. The third-order valence-electron chi connectivity index (χ3n) is 5.52. The van der Waals surface area contributed by atoms with Crippen LogP contribution in [-0.4, -0.2) is 57.8 Å². The molecule has 0 radical (unpaired) electrons. The Bertz CT molecular complexity index is 729. The fraction of sp³-hybridized carbons (Fsp3) is 0.619. The molecule has 4 atom stereocenters. The van der Waals surface area contributed by atoms with Crippen LogP contribution in [0.4, 0.5) is 5.69 Å². The lowest BCUT2D eigenvalue weighted by Gasteiger charge is -2.29. The first-order valence-electron chi connectivity index (χ1n) is 10.4. The first-order chi connectivity index (χ1) is 14.1. The van der Waals surface area contributed by atoms with Gasteiger partial charge in [0.15, 0.2) is 5.78 Å². The Kier molecular flexibility index (Phi) is 9.04. The van der Waals surface area contributed by atoms with Crippen molar-refractivity contribution in [1.82, 2.24) is 8.43 Å². The van der Waals surface area contributed by atoms with Crippen LogP contribution in [0.15, 0.2) is 24.3 Å². The molecule has 8 nitrogen and oxygen atoms in total. The second-order valence-corrected chi connectivity index (χ2v) is 9.62. The number of amidine groups is 1. The number of anilines is 1. The molecule has 8 N–H and O–H groups in total. The van der Waals surface area contributed by atoms with E-state index in [4.69, 9.17) is 22.0 Å². The lowest BCUT2D eigenvalue weighted by molar-refractivity contribution is -0.122. The summed E-state index contributed by atoms with van der Waals surface area (Å²) in [7, 11) is 1.88. The number of nitrogens with zero attached hydrogens (tertiary/aromatic N) is 1. The minimum absolute atomic E-state index is 0.0423. The quantitative estimate of drug-likeness (QED) is 0.0796. The summed E-state index contributed by atoms with van der Waals surface area (Å²) in [6.45, 7) is 4.27. The molecule has 1 aromatic rings. The van der Waals surface area contributed by atoms with E-state index in [0.29, 0.717) is 24.7 Å². The summed E-state index contributed by atoms with van der Waals surface area (Å²) >= 11 is 2.07. The van der Waals surface area contributed by atoms with Gasteiger partial charge in [0, 0.05) is 25.1 Å². The van der Waals surface area contributed by atoms with Gasteiger partial charge in [-0.25, -0.2) is 0 Å². The Hall–Kier alpha value is -1.27. The van der Waals surface area contributed by atoms with E-state index in [1.54, 1.807) is 3.11 Å². The first kappa shape index (κ1) is 25.0. The predicted molar refractivity (Wildman–Crippen MR) is 130 cm³/mol.